The average molecular weight is 352 g/mol. The third-order valence-electron chi connectivity index (χ3n) is 4.03. The Labute approximate surface area is 149 Å². The second-order valence-corrected chi connectivity index (χ2v) is 5.81. The Morgan fingerprint density at radius 2 is 1.88 bits per heavy atom. The molecule has 1 atom stereocenters. The lowest BCUT2D eigenvalue weighted by Gasteiger charge is -2.18. The Balaban J connectivity index is 1.70. The standard InChI is InChI=1S/C19H16N2O5/c22-18(11-8-14-6-9-16(10-7-14)21(24)25)20-17(13-26-19(20)23)12-15-4-2-1-3-5-15/h1-11,17H,12-13H2/b11-8+/t17-/m1/s1. The quantitative estimate of drug-likeness (QED) is 0.468. The minimum Gasteiger partial charge on any atom is -0.447 e. The first-order valence-electron chi connectivity index (χ1n) is 8.01. The zero-order valence-corrected chi connectivity index (χ0v) is 13.8. The van der Waals surface area contributed by atoms with E-state index in [0.29, 0.717) is 12.0 Å². The van der Waals surface area contributed by atoms with Crippen molar-refractivity contribution in [2.45, 2.75) is 12.5 Å². The third-order valence-corrected chi connectivity index (χ3v) is 4.03. The van der Waals surface area contributed by atoms with Crippen LogP contribution in [-0.2, 0) is 16.0 Å². The van der Waals surface area contributed by atoms with Gasteiger partial charge in [-0.25, -0.2) is 9.69 Å². The Bertz CT molecular complexity index is 846. The molecule has 1 saturated heterocycles. The van der Waals surface area contributed by atoms with Crippen molar-refractivity contribution in [3.63, 3.8) is 0 Å². The highest BCUT2D eigenvalue weighted by molar-refractivity contribution is 6.02. The van der Waals surface area contributed by atoms with Crippen molar-refractivity contribution in [1.82, 2.24) is 4.90 Å². The van der Waals surface area contributed by atoms with Gasteiger partial charge in [0.2, 0.25) is 0 Å². The number of hydrogen-bond donors (Lipinski definition) is 0. The molecule has 3 rings (SSSR count). The first-order chi connectivity index (χ1) is 12.5. The monoisotopic (exact) mass is 352 g/mol. The first-order valence-corrected chi connectivity index (χ1v) is 8.01. The molecule has 2 amide bonds. The van der Waals surface area contributed by atoms with Crippen molar-refractivity contribution in [2.24, 2.45) is 0 Å². The number of ether oxygens (including phenoxy) is 1. The van der Waals surface area contributed by atoms with E-state index >= 15 is 0 Å². The Morgan fingerprint density at radius 1 is 1.19 bits per heavy atom. The highest BCUT2D eigenvalue weighted by Gasteiger charge is 2.36. The van der Waals surface area contributed by atoms with E-state index < -0.39 is 16.9 Å². The van der Waals surface area contributed by atoms with Crippen molar-refractivity contribution >= 4 is 23.8 Å². The van der Waals surface area contributed by atoms with Gasteiger partial charge in [-0.1, -0.05) is 30.3 Å². The van der Waals surface area contributed by atoms with E-state index in [4.69, 9.17) is 4.74 Å². The fraction of sp³-hybridized carbons (Fsp3) is 0.158. The molecule has 0 bridgehead atoms. The van der Waals surface area contributed by atoms with Crippen LogP contribution < -0.4 is 0 Å². The summed E-state index contributed by atoms with van der Waals surface area (Å²) in [6, 6.07) is 15.0. The second-order valence-electron chi connectivity index (χ2n) is 5.81. The number of carbonyl (C=O) groups excluding carboxylic acids is 2. The van der Waals surface area contributed by atoms with Crippen molar-refractivity contribution < 1.29 is 19.2 Å². The summed E-state index contributed by atoms with van der Waals surface area (Å²) in [6.07, 6.45) is 2.64. The van der Waals surface area contributed by atoms with Gasteiger partial charge in [0, 0.05) is 18.2 Å². The number of nitrogens with zero attached hydrogens (tertiary/aromatic N) is 2. The maximum atomic E-state index is 12.4. The molecule has 7 nitrogen and oxygen atoms in total. The number of benzene rings is 2. The summed E-state index contributed by atoms with van der Waals surface area (Å²) in [4.78, 5) is 35.6. The van der Waals surface area contributed by atoms with Crippen LogP contribution in [0.25, 0.3) is 6.08 Å². The average Bonchev–Trinajstić information content (AvgIpc) is 3.01. The molecule has 0 unspecified atom stereocenters. The van der Waals surface area contributed by atoms with E-state index in [9.17, 15) is 19.7 Å². The predicted molar refractivity (Wildman–Crippen MR) is 94.3 cm³/mol. The maximum Gasteiger partial charge on any atom is 0.417 e. The van der Waals surface area contributed by atoms with Crippen molar-refractivity contribution in [3.8, 4) is 0 Å². The van der Waals surface area contributed by atoms with Crippen LogP contribution in [0.4, 0.5) is 10.5 Å². The zero-order valence-electron chi connectivity index (χ0n) is 13.8. The summed E-state index contributed by atoms with van der Waals surface area (Å²) in [5.41, 5.74) is 1.60. The molecule has 0 aliphatic carbocycles. The van der Waals surface area contributed by atoms with Crippen LogP contribution in [0.1, 0.15) is 11.1 Å². The lowest BCUT2D eigenvalue weighted by molar-refractivity contribution is -0.384. The highest BCUT2D eigenvalue weighted by atomic mass is 16.6. The largest absolute Gasteiger partial charge is 0.447 e. The number of carbonyl (C=O) groups is 2. The molecular weight excluding hydrogens is 336 g/mol. The molecule has 0 saturated carbocycles. The molecule has 1 aliphatic heterocycles. The van der Waals surface area contributed by atoms with E-state index in [2.05, 4.69) is 0 Å². The van der Waals surface area contributed by atoms with E-state index in [1.807, 2.05) is 30.3 Å². The third kappa shape index (κ3) is 3.94. The molecule has 2 aromatic rings. The molecule has 0 aromatic heterocycles. The minimum absolute atomic E-state index is 0.0282. The molecule has 0 radical (unpaired) electrons. The molecule has 2 aromatic carbocycles. The van der Waals surface area contributed by atoms with Gasteiger partial charge in [-0.3, -0.25) is 14.9 Å². The van der Waals surface area contributed by atoms with Crippen LogP contribution in [-0.4, -0.2) is 34.5 Å². The smallest absolute Gasteiger partial charge is 0.417 e. The van der Waals surface area contributed by atoms with Crippen LogP contribution >= 0.6 is 0 Å². The number of nitro benzene ring substituents is 1. The Kier molecular flexibility index (Phi) is 5.07. The topological polar surface area (TPSA) is 89.8 Å². The van der Waals surface area contributed by atoms with Crippen LogP contribution in [0.2, 0.25) is 0 Å². The van der Waals surface area contributed by atoms with E-state index in [1.54, 1.807) is 0 Å². The second kappa shape index (κ2) is 7.60. The van der Waals surface area contributed by atoms with Gasteiger partial charge < -0.3 is 4.74 Å². The number of non-ortho nitro benzene ring substituents is 1. The van der Waals surface area contributed by atoms with Gasteiger partial charge >= 0.3 is 6.09 Å². The fourth-order valence-corrected chi connectivity index (χ4v) is 2.72. The molecule has 1 aliphatic rings. The van der Waals surface area contributed by atoms with Crippen LogP contribution in [0.3, 0.4) is 0 Å². The Morgan fingerprint density at radius 3 is 2.54 bits per heavy atom. The Hall–Kier alpha value is -3.48. The normalized spacial score (nSPS) is 16.7. The molecule has 1 heterocycles. The number of cyclic esters (lactones) is 1. The summed E-state index contributed by atoms with van der Waals surface area (Å²) >= 11 is 0. The molecule has 26 heavy (non-hydrogen) atoms. The lowest BCUT2D eigenvalue weighted by Crippen LogP contribution is -2.39. The van der Waals surface area contributed by atoms with Gasteiger partial charge in [0.15, 0.2) is 0 Å². The molecule has 1 fully saturated rings. The summed E-state index contributed by atoms with van der Waals surface area (Å²) in [7, 11) is 0. The van der Waals surface area contributed by atoms with Gasteiger partial charge in [-0.2, -0.15) is 0 Å². The SMILES string of the molecule is O=C(/C=C/c1ccc([N+](=O)[O-])cc1)N1C(=O)OC[C@H]1Cc1ccccc1. The minimum atomic E-state index is -0.663. The predicted octanol–water partition coefficient (Wildman–Crippen LogP) is 3.20. The number of rotatable bonds is 5. The number of amides is 2. The van der Waals surface area contributed by atoms with Crippen LogP contribution in [0, 0.1) is 10.1 Å². The molecule has 132 valence electrons. The summed E-state index contributed by atoms with van der Waals surface area (Å²) in [5.74, 6) is -0.480. The van der Waals surface area contributed by atoms with Crippen molar-refractivity contribution in [3.05, 3.63) is 81.9 Å². The first kappa shape index (κ1) is 17.3. The molecular formula is C19H16N2O5. The van der Waals surface area contributed by atoms with E-state index in [1.165, 1.54) is 36.4 Å². The maximum absolute atomic E-state index is 12.4. The molecule has 0 N–H and O–H groups in total. The van der Waals surface area contributed by atoms with Gasteiger partial charge in [0.1, 0.15) is 6.61 Å². The van der Waals surface area contributed by atoms with Gasteiger partial charge in [0.25, 0.3) is 11.6 Å². The van der Waals surface area contributed by atoms with Crippen molar-refractivity contribution in [1.29, 1.82) is 0 Å². The molecule has 7 heteroatoms. The zero-order chi connectivity index (χ0) is 18.5. The molecule has 0 spiro atoms. The van der Waals surface area contributed by atoms with Gasteiger partial charge in [-0.15, -0.1) is 0 Å². The van der Waals surface area contributed by atoms with E-state index in [0.717, 1.165) is 10.5 Å². The highest BCUT2D eigenvalue weighted by Crippen LogP contribution is 2.19. The fourth-order valence-electron chi connectivity index (χ4n) is 2.72. The van der Waals surface area contributed by atoms with E-state index in [-0.39, 0.29) is 18.3 Å². The summed E-state index contributed by atoms with van der Waals surface area (Å²) in [5, 5.41) is 10.6. The summed E-state index contributed by atoms with van der Waals surface area (Å²) in [6.45, 7) is 0.158. The number of imide groups is 1. The van der Waals surface area contributed by atoms with Crippen LogP contribution in [0.15, 0.2) is 60.7 Å². The number of hydrogen-bond acceptors (Lipinski definition) is 5. The van der Waals surface area contributed by atoms with Crippen molar-refractivity contribution in [2.75, 3.05) is 6.61 Å². The van der Waals surface area contributed by atoms with Gasteiger partial charge in [-0.05, 0) is 35.8 Å². The van der Waals surface area contributed by atoms with Gasteiger partial charge in [0.05, 0.1) is 11.0 Å². The number of nitro groups is 1. The summed E-state index contributed by atoms with van der Waals surface area (Å²) < 4.78 is 5.02. The lowest BCUT2D eigenvalue weighted by atomic mass is 10.1. The van der Waals surface area contributed by atoms with Crippen LogP contribution in [0.5, 0.6) is 0 Å².